The molecule has 0 aliphatic rings. The van der Waals surface area contributed by atoms with Crippen molar-refractivity contribution in [2.75, 3.05) is 20.8 Å². The van der Waals surface area contributed by atoms with Crippen LogP contribution in [0.4, 0.5) is 4.39 Å². The Labute approximate surface area is 170 Å². The summed E-state index contributed by atoms with van der Waals surface area (Å²) < 4.78 is 24.6. The highest BCUT2D eigenvalue weighted by atomic mass is 79.9. The van der Waals surface area contributed by atoms with Gasteiger partial charge in [-0.15, -0.1) is 0 Å². The van der Waals surface area contributed by atoms with E-state index in [1.807, 2.05) is 12.1 Å². The second kappa shape index (κ2) is 8.88. The van der Waals surface area contributed by atoms with E-state index < -0.39 is 0 Å². The molecule has 2 N–H and O–H groups in total. The molecule has 3 aromatic rings. The van der Waals surface area contributed by atoms with Crippen LogP contribution in [-0.2, 0) is 6.42 Å². The van der Waals surface area contributed by atoms with Crippen molar-refractivity contribution in [1.29, 1.82) is 0 Å². The highest BCUT2D eigenvalue weighted by Crippen LogP contribution is 2.33. The van der Waals surface area contributed by atoms with E-state index in [2.05, 4.69) is 31.4 Å². The SMILES string of the molecule is COc1cc(Br)c(CCNC(=O)c2cn[nH]c2-c2ccc(F)cc2)cc1OC. The number of amides is 1. The number of hydrogen-bond donors (Lipinski definition) is 2. The molecule has 2 aromatic carbocycles. The zero-order valence-corrected chi connectivity index (χ0v) is 17.0. The number of halogens is 2. The fraction of sp³-hybridized carbons (Fsp3) is 0.200. The summed E-state index contributed by atoms with van der Waals surface area (Å²) >= 11 is 3.51. The van der Waals surface area contributed by atoms with Gasteiger partial charge in [0.05, 0.1) is 31.7 Å². The van der Waals surface area contributed by atoms with E-state index in [0.29, 0.717) is 41.3 Å². The Morgan fingerprint density at radius 1 is 1.18 bits per heavy atom. The molecule has 0 fully saturated rings. The Bertz CT molecular complexity index is 973. The summed E-state index contributed by atoms with van der Waals surface area (Å²) in [5, 5.41) is 9.63. The largest absolute Gasteiger partial charge is 0.493 e. The first-order chi connectivity index (χ1) is 13.5. The number of benzene rings is 2. The van der Waals surface area contributed by atoms with Gasteiger partial charge in [0, 0.05) is 16.6 Å². The summed E-state index contributed by atoms with van der Waals surface area (Å²) in [5.41, 5.74) is 2.61. The maximum absolute atomic E-state index is 13.1. The molecule has 0 bridgehead atoms. The standard InChI is InChI=1S/C20H19BrFN3O3/c1-27-17-9-13(16(21)10-18(17)28-2)7-8-23-20(26)15-11-24-25-19(15)12-3-5-14(22)6-4-12/h3-6,9-11H,7-8H2,1-2H3,(H,23,26)(H,24,25). The lowest BCUT2D eigenvalue weighted by Crippen LogP contribution is -2.26. The van der Waals surface area contributed by atoms with Gasteiger partial charge in [-0.3, -0.25) is 9.89 Å². The molecule has 3 rings (SSSR count). The Hall–Kier alpha value is -2.87. The molecule has 0 aliphatic heterocycles. The smallest absolute Gasteiger partial charge is 0.255 e. The van der Waals surface area contributed by atoms with Gasteiger partial charge >= 0.3 is 0 Å². The van der Waals surface area contributed by atoms with Gasteiger partial charge in [-0.05, 0) is 48.4 Å². The van der Waals surface area contributed by atoms with Crippen LogP contribution < -0.4 is 14.8 Å². The minimum Gasteiger partial charge on any atom is -0.493 e. The number of nitrogens with one attached hydrogen (secondary N) is 2. The van der Waals surface area contributed by atoms with Gasteiger partial charge in [0.2, 0.25) is 0 Å². The van der Waals surface area contributed by atoms with Crippen LogP contribution in [0, 0.1) is 5.82 Å². The predicted octanol–water partition coefficient (Wildman–Crippen LogP) is 3.97. The van der Waals surface area contributed by atoms with Crippen molar-refractivity contribution in [1.82, 2.24) is 15.5 Å². The van der Waals surface area contributed by atoms with Crippen molar-refractivity contribution < 1.29 is 18.7 Å². The number of aromatic nitrogens is 2. The van der Waals surface area contributed by atoms with Crippen LogP contribution in [0.2, 0.25) is 0 Å². The van der Waals surface area contributed by atoms with Crippen LogP contribution in [0.25, 0.3) is 11.3 Å². The molecular formula is C20H19BrFN3O3. The molecule has 0 aliphatic carbocycles. The molecule has 0 unspecified atom stereocenters. The van der Waals surface area contributed by atoms with E-state index in [4.69, 9.17) is 9.47 Å². The summed E-state index contributed by atoms with van der Waals surface area (Å²) in [6.07, 6.45) is 2.05. The minimum atomic E-state index is -0.338. The molecule has 6 nitrogen and oxygen atoms in total. The number of carbonyl (C=O) groups is 1. The molecule has 146 valence electrons. The Balaban J connectivity index is 1.68. The second-order valence-corrected chi connectivity index (χ2v) is 6.82. The van der Waals surface area contributed by atoms with Gasteiger partial charge in [0.15, 0.2) is 11.5 Å². The van der Waals surface area contributed by atoms with E-state index in [-0.39, 0.29) is 11.7 Å². The van der Waals surface area contributed by atoms with Crippen LogP contribution >= 0.6 is 15.9 Å². The Morgan fingerprint density at radius 2 is 1.86 bits per heavy atom. The fourth-order valence-corrected chi connectivity index (χ4v) is 3.31. The topological polar surface area (TPSA) is 76.2 Å². The van der Waals surface area contributed by atoms with Gasteiger partial charge in [-0.2, -0.15) is 5.10 Å². The number of carbonyl (C=O) groups excluding carboxylic acids is 1. The van der Waals surface area contributed by atoms with Gasteiger partial charge in [0.25, 0.3) is 5.91 Å². The summed E-state index contributed by atoms with van der Waals surface area (Å²) in [4.78, 5) is 12.6. The summed E-state index contributed by atoms with van der Waals surface area (Å²) in [7, 11) is 3.15. The van der Waals surface area contributed by atoms with Gasteiger partial charge in [-0.1, -0.05) is 15.9 Å². The van der Waals surface area contributed by atoms with Crippen LogP contribution in [0.3, 0.4) is 0 Å². The highest BCUT2D eigenvalue weighted by Gasteiger charge is 2.16. The summed E-state index contributed by atoms with van der Waals surface area (Å²) in [6.45, 7) is 0.418. The molecule has 28 heavy (non-hydrogen) atoms. The van der Waals surface area contributed by atoms with Crippen molar-refractivity contribution >= 4 is 21.8 Å². The molecular weight excluding hydrogens is 429 g/mol. The first kappa shape index (κ1) is 19.9. The lowest BCUT2D eigenvalue weighted by molar-refractivity contribution is 0.0955. The number of hydrogen-bond acceptors (Lipinski definition) is 4. The third kappa shape index (κ3) is 4.33. The molecule has 0 saturated carbocycles. The maximum Gasteiger partial charge on any atom is 0.255 e. The molecule has 0 atom stereocenters. The number of nitrogens with zero attached hydrogens (tertiary/aromatic N) is 1. The Kier molecular flexibility index (Phi) is 6.30. The average molecular weight is 448 g/mol. The van der Waals surface area contributed by atoms with Crippen molar-refractivity contribution in [3.8, 4) is 22.8 Å². The maximum atomic E-state index is 13.1. The average Bonchev–Trinajstić information content (AvgIpc) is 3.19. The number of rotatable bonds is 7. The lowest BCUT2D eigenvalue weighted by Gasteiger charge is -2.12. The first-order valence-electron chi connectivity index (χ1n) is 8.51. The van der Waals surface area contributed by atoms with Crippen LogP contribution in [-0.4, -0.2) is 36.9 Å². The lowest BCUT2D eigenvalue weighted by atomic mass is 10.1. The number of methoxy groups -OCH3 is 2. The van der Waals surface area contributed by atoms with E-state index in [9.17, 15) is 9.18 Å². The van der Waals surface area contributed by atoms with Crippen molar-refractivity contribution in [2.24, 2.45) is 0 Å². The molecule has 1 aromatic heterocycles. The first-order valence-corrected chi connectivity index (χ1v) is 9.30. The predicted molar refractivity (Wildman–Crippen MR) is 107 cm³/mol. The number of H-pyrrole nitrogens is 1. The summed E-state index contributed by atoms with van der Waals surface area (Å²) in [5.74, 6) is 0.657. The van der Waals surface area contributed by atoms with Crippen LogP contribution in [0.1, 0.15) is 15.9 Å². The van der Waals surface area contributed by atoms with E-state index in [1.54, 1.807) is 26.4 Å². The zero-order valence-electron chi connectivity index (χ0n) is 15.4. The normalized spacial score (nSPS) is 10.6. The summed E-state index contributed by atoms with van der Waals surface area (Å²) in [6, 6.07) is 9.58. The molecule has 0 radical (unpaired) electrons. The van der Waals surface area contributed by atoms with Crippen LogP contribution in [0.15, 0.2) is 47.1 Å². The second-order valence-electron chi connectivity index (χ2n) is 5.97. The van der Waals surface area contributed by atoms with E-state index in [0.717, 1.165) is 10.0 Å². The van der Waals surface area contributed by atoms with Crippen molar-refractivity contribution in [2.45, 2.75) is 6.42 Å². The van der Waals surface area contributed by atoms with Crippen LogP contribution in [0.5, 0.6) is 11.5 Å². The molecule has 1 heterocycles. The number of aromatic amines is 1. The fourth-order valence-electron chi connectivity index (χ4n) is 2.79. The quantitative estimate of drug-likeness (QED) is 0.574. The Morgan fingerprint density at radius 3 is 2.54 bits per heavy atom. The van der Waals surface area contributed by atoms with Crippen molar-refractivity contribution in [3.63, 3.8) is 0 Å². The van der Waals surface area contributed by atoms with E-state index in [1.165, 1.54) is 18.3 Å². The zero-order chi connectivity index (χ0) is 20.1. The highest BCUT2D eigenvalue weighted by molar-refractivity contribution is 9.10. The molecule has 1 amide bonds. The van der Waals surface area contributed by atoms with Gasteiger partial charge in [0.1, 0.15) is 5.82 Å². The van der Waals surface area contributed by atoms with E-state index >= 15 is 0 Å². The minimum absolute atomic E-state index is 0.260. The number of ether oxygens (including phenoxy) is 2. The third-order valence-corrected chi connectivity index (χ3v) is 4.99. The molecule has 8 heteroatoms. The van der Waals surface area contributed by atoms with Gasteiger partial charge in [-0.25, -0.2) is 4.39 Å². The molecule has 0 saturated heterocycles. The third-order valence-electron chi connectivity index (χ3n) is 4.25. The van der Waals surface area contributed by atoms with Crippen molar-refractivity contribution in [3.05, 3.63) is 64.0 Å². The molecule has 0 spiro atoms. The monoisotopic (exact) mass is 447 g/mol. The van der Waals surface area contributed by atoms with Gasteiger partial charge < -0.3 is 14.8 Å².